The van der Waals surface area contributed by atoms with E-state index in [4.69, 9.17) is 0 Å². The van der Waals surface area contributed by atoms with Gasteiger partial charge in [0.05, 0.1) is 0 Å². The first-order valence-corrected chi connectivity index (χ1v) is 6.25. The minimum Gasteiger partial charge on any atom is -0.480 e. The Morgan fingerprint density at radius 3 is 2.44 bits per heavy atom. The number of hydrogen-bond acceptors (Lipinski definition) is 3. The molecule has 2 aliphatic heterocycles. The van der Waals surface area contributed by atoms with Crippen LogP contribution in [0.2, 0.25) is 0 Å². The number of rotatable bonds is 2. The summed E-state index contributed by atoms with van der Waals surface area (Å²) in [5, 5.41) is 9.59. The van der Waals surface area contributed by atoms with Gasteiger partial charge in [0.2, 0.25) is 0 Å². The Hall–Kier alpha value is -0.610. The second-order valence-corrected chi connectivity index (χ2v) is 5.31. The minimum absolute atomic E-state index is 0.366. The van der Waals surface area contributed by atoms with E-state index in [-0.39, 0.29) is 0 Å². The zero-order valence-corrected chi connectivity index (χ0v) is 10.3. The molecule has 2 atom stereocenters. The van der Waals surface area contributed by atoms with E-state index in [1.807, 2.05) is 0 Å². The molecule has 16 heavy (non-hydrogen) atoms. The van der Waals surface area contributed by atoms with E-state index in [1.54, 1.807) is 0 Å². The van der Waals surface area contributed by atoms with Crippen LogP contribution in [0.4, 0.5) is 0 Å². The number of likely N-dealkylation sites (tertiary alicyclic amines) is 2. The van der Waals surface area contributed by atoms with Crippen LogP contribution in [0.5, 0.6) is 0 Å². The number of nitrogens with zero attached hydrogens (tertiary/aromatic N) is 2. The molecule has 2 unspecified atom stereocenters. The third kappa shape index (κ3) is 1.84. The fraction of sp³-hybridized carbons (Fsp3) is 0.917. The predicted octanol–water partition coefficient (Wildman–Crippen LogP) is 1.02. The molecule has 0 aromatic rings. The van der Waals surface area contributed by atoms with Gasteiger partial charge >= 0.3 is 5.97 Å². The van der Waals surface area contributed by atoms with Crippen molar-refractivity contribution < 1.29 is 9.90 Å². The highest BCUT2D eigenvalue weighted by Gasteiger charge is 2.48. The van der Waals surface area contributed by atoms with Crippen molar-refractivity contribution in [3.05, 3.63) is 0 Å². The molecule has 92 valence electrons. The Morgan fingerprint density at radius 1 is 1.31 bits per heavy atom. The first-order chi connectivity index (χ1) is 7.56. The maximum absolute atomic E-state index is 11.7. The molecule has 0 aliphatic carbocycles. The largest absolute Gasteiger partial charge is 0.480 e. The summed E-state index contributed by atoms with van der Waals surface area (Å²) >= 11 is 0. The van der Waals surface area contributed by atoms with Crippen LogP contribution in [0, 0.1) is 0 Å². The summed E-state index contributed by atoms with van der Waals surface area (Å²) in [6.07, 6.45) is 3.83. The van der Waals surface area contributed by atoms with E-state index < -0.39 is 11.5 Å². The van der Waals surface area contributed by atoms with Gasteiger partial charge in [-0.25, -0.2) is 0 Å². The number of hydrogen-bond donors (Lipinski definition) is 1. The minimum atomic E-state index is -0.616. The normalized spacial score (nSPS) is 37.8. The van der Waals surface area contributed by atoms with Crippen molar-refractivity contribution >= 4 is 5.97 Å². The van der Waals surface area contributed by atoms with Crippen molar-refractivity contribution in [3.8, 4) is 0 Å². The summed E-state index contributed by atoms with van der Waals surface area (Å²) in [5.74, 6) is -0.616. The van der Waals surface area contributed by atoms with Crippen LogP contribution in [-0.2, 0) is 4.79 Å². The van der Waals surface area contributed by atoms with Crippen molar-refractivity contribution in [2.24, 2.45) is 0 Å². The Bertz CT molecular complexity index is 276. The third-order valence-electron chi connectivity index (χ3n) is 4.37. The van der Waals surface area contributed by atoms with Crippen molar-refractivity contribution in [1.82, 2.24) is 9.80 Å². The number of aliphatic carboxylic acids is 1. The van der Waals surface area contributed by atoms with Crippen LogP contribution in [0.1, 0.15) is 32.6 Å². The van der Waals surface area contributed by atoms with Gasteiger partial charge < -0.3 is 10.0 Å². The van der Waals surface area contributed by atoms with Crippen LogP contribution in [0.25, 0.3) is 0 Å². The molecule has 1 N–H and O–H groups in total. The maximum Gasteiger partial charge on any atom is 0.324 e. The molecular formula is C12H22N2O2. The van der Waals surface area contributed by atoms with Gasteiger partial charge in [-0.05, 0) is 52.7 Å². The van der Waals surface area contributed by atoms with Gasteiger partial charge in [-0.1, -0.05) is 0 Å². The van der Waals surface area contributed by atoms with Crippen molar-refractivity contribution in [2.75, 3.05) is 26.7 Å². The Kier molecular flexibility index (Phi) is 3.22. The lowest BCUT2D eigenvalue weighted by atomic mass is 9.82. The van der Waals surface area contributed by atoms with Gasteiger partial charge in [-0.3, -0.25) is 9.69 Å². The van der Waals surface area contributed by atoms with Gasteiger partial charge in [0, 0.05) is 12.6 Å². The predicted molar refractivity (Wildman–Crippen MR) is 62.5 cm³/mol. The molecule has 0 radical (unpaired) electrons. The van der Waals surface area contributed by atoms with E-state index in [2.05, 4.69) is 23.8 Å². The zero-order valence-electron chi connectivity index (χ0n) is 10.3. The highest BCUT2D eigenvalue weighted by molar-refractivity contribution is 5.79. The van der Waals surface area contributed by atoms with Crippen LogP contribution in [0.15, 0.2) is 0 Å². The second-order valence-electron chi connectivity index (χ2n) is 5.31. The summed E-state index contributed by atoms with van der Waals surface area (Å²) in [4.78, 5) is 16.1. The van der Waals surface area contributed by atoms with Gasteiger partial charge in [-0.2, -0.15) is 0 Å². The number of piperidine rings is 1. The van der Waals surface area contributed by atoms with E-state index in [1.165, 1.54) is 0 Å². The lowest BCUT2D eigenvalue weighted by Gasteiger charge is -2.46. The third-order valence-corrected chi connectivity index (χ3v) is 4.37. The van der Waals surface area contributed by atoms with E-state index in [0.717, 1.165) is 45.3 Å². The molecule has 0 aromatic carbocycles. The first-order valence-electron chi connectivity index (χ1n) is 6.25. The SMILES string of the molecule is CC1CC(C(=O)O)(N2CCCC2)CCN1C. The monoisotopic (exact) mass is 226 g/mol. The topological polar surface area (TPSA) is 43.8 Å². The molecule has 0 aromatic heterocycles. The average molecular weight is 226 g/mol. The van der Waals surface area contributed by atoms with E-state index in [9.17, 15) is 9.90 Å². The highest BCUT2D eigenvalue weighted by Crippen LogP contribution is 2.34. The van der Waals surface area contributed by atoms with Gasteiger partial charge in [-0.15, -0.1) is 0 Å². The fourth-order valence-corrected chi connectivity index (χ4v) is 3.09. The van der Waals surface area contributed by atoms with Crippen LogP contribution >= 0.6 is 0 Å². The van der Waals surface area contributed by atoms with Crippen LogP contribution in [0.3, 0.4) is 0 Å². The van der Waals surface area contributed by atoms with E-state index in [0.29, 0.717) is 6.04 Å². The first kappa shape index (κ1) is 11.9. The average Bonchev–Trinajstić information content (AvgIpc) is 2.75. The Morgan fingerprint density at radius 2 is 1.94 bits per heavy atom. The van der Waals surface area contributed by atoms with Gasteiger partial charge in [0.25, 0.3) is 0 Å². The second kappa shape index (κ2) is 4.34. The van der Waals surface area contributed by atoms with Crippen molar-refractivity contribution in [3.63, 3.8) is 0 Å². The highest BCUT2D eigenvalue weighted by atomic mass is 16.4. The lowest BCUT2D eigenvalue weighted by Crippen LogP contribution is -2.60. The Balaban J connectivity index is 2.19. The van der Waals surface area contributed by atoms with E-state index >= 15 is 0 Å². The molecule has 0 spiro atoms. The van der Waals surface area contributed by atoms with Crippen molar-refractivity contribution in [2.45, 2.75) is 44.2 Å². The maximum atomic E-state index is 11.7. The number of carbonyl (C=O) groups is 1. The Labute approximate surface area is 97.2 Å². The van der Waals surface area contributed by atoms with Crippen LogP contribution in [-0.4, -0.2) is 59.1 Å². The molecule has 2 aliphatic rings. The molecule has 2 rings (SSSR count). The van der Waals surface area contributed by atoms with Gasteiger partial charge in [0.1, 0.15) is 5.54 Å². The molecule has 4 nitrogen and oxygen atoms in total. The summed E-state index contributed by atoms with van der Waals surface area (Å²) in [5.41, 5.74) is -0.581. The molecule has 0 saturated carbocycles. The van der Waals surface area contributed by atoms with Crippen molar-refractivity contribution in [1.29, 1.82) is 0 Å². The number of carboxylic acid groups (broad SMARTS) is 1. The molecule has 0 bridgehead atoms. The molecule has 2 fully saturated rings. The summed E-state index contributed by atoms with van der Waals surface area (Å²) in [6.45, 7) is 4.95. The fourth-order valence-electron chi connectivity index (χ4n) is 3.09. The van der Waals surface area contributed by atoms with Gasteiger partial charge in [0.15, 0.2) is 0 Å². The summed E-state index contributed by atoms with van der Waals surface area (Å²) in [7, 11) is 2.08. The number of carboxylic acids is 1. The summed E-state index contributed by atoms with van der Waals surface area (Å²) < 4.78 is 0. The van der Waals surface area contributed by atoms with Crippen LogP contribution < -0.4 is 0 Å². The lowest BCUT2D eigenvalue weighted by molar-refractivity contribution is -0.155. The zero-order chi connectivity index (χ0) is 11.8. The summed E-state index contributed by atoms with van der Waals surface area (Å²) in [6, 6.07) is 0.366. The standard InChI is InChI=1S/C12H22N2O2/c1-10-9-12(11(15)16,5-8-13(10)2)14-6-3-4-7-14/h10H,3-9H2,1-2H3,(H,15,16). The quantitative estimate of drug-likeness (QED) is 0.763. The molecule has 4 heteroatoms. The molecule has 2 saturated heterocycles. The molecule has 0 amide bonds. The smallest absolute Gasteiger partial charge is 0.324 e. The molecule has 2 heterocycles. The molecular weight excluding hydrogens is 204 g/mol.